The van der Waals surface area contributed by atoms with E-state index in [-0.39, 0.29) is 35.6 Å². The number of halogens is 1. The fraction of sp³-hybridized carbons (Fsp3) is 0.500. The predicted molar refractivity (Wildman–Crippen MR) is 91.4 cm³/mol. The van der Waals surface area contributed by atoms with Crippen molar-refractivity contribution in [2.45, 2.75) is 27.2 Å². The monoisotopic (exact) mass is 325 g/mol. The van der Waals surface area contributed by atoms with Gasteiger partial charge in [0.05, 0.1) is 5.41 Å². The van der Waals surface area contributed by atoms with Gasteiger partial charge in [0.1, 0.15) is 0 Å². The Morgan fingerprint density at radius 1 is 1.23 bits per heavy atom. The van der Waals surface area contributed by atoms with E-state index in [1.165, 1.54) is 0 Å². The first kappa shape index (κ1) is 18.5. The average molecular weight is 326 g/mol. The molecular formula is C16H24ClN3O2. The number of anilines is 2. The molecule has 5 nitrogen and oxygen atoms in total. The standard InChI is InChI=1S/C16H23N3O2.ClH/c1-11(2)14(20)18-12-5-4-6-13(9-12)19-15(21)16(3)7-8-17-10-16;/h4-6,9,11,17H,7-8,10H2,1-3H3,(H,18,20)(H,19,21);1H. The third-order valence-electron chi connectivity index (χ3n) is 3.83. The van der Waals surface area contributed by atoms with Gasteiger partial charge in [0.15, 0.2) is 0 Å². The number of rotatable bonds is 4. The number of benzene rings is 1. The molecule has 122 valence electrons. The Hall–Kier alpha value is -1.59. The molecule has 0 spiro atoms. The van der Waals surface area contributed by atoms with Crippen molar-refractivity contribution in [2.24, 2.45) is 11.3 Å². The Labute approximate surface area is 137 Å². The highest BCUT2D eigenvalue weighted by Gasteiger charge is 2.36. The van der Waals surface area contributed by atoms with Gasteiger partial charge in [-0.15, -0.1) is 12.4 Å². The molecule has 1 unspecified atom stereocenters. The van der Waals surface area contributed by atoms with Gasteiger partial charge >= 0.3 is 0 Å². The molecule has 6 heteroatoms. The SMILES string of the molecule is CC(C)C(=O)Nc1cccc(NC(=O)C2(C)CCNC2)c1.Cl. The van der Waals surface area contributed by atoms with Gasteiger partial charge in [-0.1, -0.05) is 19.9 Å². The third kappa shape index (κ3) is 4.45. The number of nitrogens with one attached hydrogen (secondary N) is 3. The summed E-state index contributed by atoms with van der Waals surface area (Å²) < 4.78 is 0. The number of carbonyl (C=O) groups is 2. The van der Waals surface area contributed by atoms with Crippen LogP contribution in [0.1, 0.15) is 27.2 Å². The van der Waals surface area contributed by atoms with E-state index in [4.69, 9.17) is 0 Å². The highest BCUT2D eigenvalue weighted by atomic mass is 35.5. The molecule has 0 radical (unpaired) electrons. The molecule has 1 aromatic carbocycles. The molecule has 1 saturated heterocycles. The lowest BCUT2D eigenvalue weighted by molar-refractivity contribution is -0.123. The first-order chi connectivity index (χ1) is 9.90. The van der Waals surface area contributed by atoms with Gasteiger partial charge in [0.2, 0.25) is 11.8 Å². The van der Waals surface area contributed by atoms with Crippen molar-refractivity contribution in [3.05, 3.63) is 24.3 Å². The fourth-order valence-electron chi connectivity index (χ4n) is 2.25. The Kier molecular flexibility index (Phi) is 6.38. The molecule has 1 atom stereocenters. The molecule has 0 aliphatic carbocycles. The van der Waals surface area contributed by atoms with Gasteiger partial charge in [0, 0.05) is 23.8 Å². The number of carbonyl (C=O) groups excluding carboxylic acids is 2. The van der Waals surface area contributed by atoms with E-state index in [0.29, 0.717) is 17.9 Å². The van der Waals surface area contributed by atoms with Crippen molar-refractivity contribution >= 4 is 35.6 Å². The second-order valence-electron chi connectivity index (χ2n) is 6.17. The van der Waals surface area contributed by atoms with E-state index < -0.39 is 0 Å². The minimum absolute atomic E-state index is 0. The molecule has 0 bridgehead atoms. The number of amides is 2. The predicted octanol–water partition coefficient (Wildman–Crippen LogP) is 2.64. The maximum Gasteiger partial charge on any atom is 0.231 e. The summed E-state index contributed by atoms with van der Waals surface area (Å²) in [5.74, 6) is -0.100. The lowest BCUT2D eigenvalue weighted by Gasteiger charge is -2.21. The Morgan fingerprint density at radius 2 is 1.86 bits per heavy atom. The second kappa shape index (κ2) is 7.61. The lowest BCUT2D eigenvalue weighted by Crippen LogP contribution is -2.35. The average Bonchev–Trinajstić information content (AvgIpc) is 2.87. The molecule has 1 heterocycles. The molecule has 0 saturated carbocycles. The zero-order chi connectivity index (χ0) is 15.5. The highest BCUT2D eigenvalue weighted by Crippen LogP contribution is 2.27. The van der Waals surface area contributed by atoms with Crippen molar-refractivity contribution in [3.63, 3.8) is 0 Å². The number of hydrogen-bond donors (Lipinski definition) is 3. The van der Waals surface area contributed by atoms with Crippen LogP contribution in [0, 0.1) is 11.3 Å². The Balaban J connectivity index is 0.00000242. The van der Waals surface area contributed by atoms with Gasteiger partial charge in [-0.2, -0.15) is 0 Å². The Bertz CT molecular complexity index is 540. The van der Waals surface area contributed by atoms with E-state index >= 15 is 0 Å². The van der Waals surface area contributed by atoms with E-state index in [1.54, 1.807) is 6.07 Å². The van der Waals surface area contributed by atoms with Crippen LogP contribution in [0.2, 0.25) is 0 Å². The summed E-state index contributed by atoms with van der Waals surface area (Å²) in [7, 11) is 0. The van der Waals surface area contributed by atoms with Crippen molar-refractivity contribution < 1.29 is 9.59 Å². The summed E-state index contributed by atoms with van der Waals surface area (Å²) in [4.78, 5) is 24.0. The van der Waals surface area contributed by atoms with E-state index in [9.17, 15) is 9.59 Å². The van der Waals surface area contributed by atoms with E-state index in [0.717, 1.165) is 13.0 Å². The van der Waals surface area contributed by atoms with Gasteiger partial charge in [-0.3, -0.25) is 9.59 Å². The summed E-state index contributed by atoms with van der Waals surface area (Å²) in [6.45, 7) is 7.22. The Morgan fingerprint density at radius 3 is 2.41 bits per heavy atom. The molecule has 3 N–H and O–H groups in total. The first-order valence-electron chi connectivity index (χ1n) is 7.34. The van der Waals surface area contributed by atoms with Crippen LogP contribution in [0.15, 0.2) is 24.3 Å². The van der Waals surface area contributed by atoms with Crippen LogP contribution in [-0.2, 0) is 9.59 Å². The molecule has 22 heavy (non-hydrogen) atoms. The van der Waals surface area contributed by atoms with Crippen molar-refractivity contribution in [1.29, 1.82) is 0 Å². The molecule has 1 aromatic rings. The van der Waals surface area contributed by atoms with E-state index in [2.05, 4.69) is 16.0 Å². The normalized spacial score (nSPS) is 20.4. The zero-order valence-electron chi connectivity index (χ0n) is 13.2. The quantitative estimate of drug-likeness (QED) is 0.797. The van der Waals surface area contributed by atoms with Crippen LogP contribution in [0.3, 0.4) is 0 Å². The zero-order valence-corrected chi connectivity index (χ0v) is 14.0. The first-order valence-corrected chi connectivity index (χ1v) is 7.34. The van der Waals surface area contributed by atoms with Gasteiger partial charge in [-0.05, 0) is 38.1 Å². The van der Waals surface area contributed by atoms with Crippen LogP contribution in [0.4, 0.5) is 11.4 Å². The van der Waals surface area contributed by atoms with Crippen molar-refractivity contribution in [3.8, 4) is 0 Å². The molecule has 1 aliphatic rings. The van der Waals surface area contributed by atoms with Crippen LogP contribution >= 0.6 is 12.4 Å². The minimum atomic E-state index is -0.364. The summed E-state index contributed by atoms with van der Waals surface area (Å²) in [5, 5.41) is 8.98. The van der Waals surface area contributed by atoms with Gasteiger partial charge in [0.25, 0.3) is 0 Å². The molecule has 2 amide bonds. The van der Waals surface area contributed by atoms with Crippen molar-refractivity contribution in [2.75, 3.05) is 23.7 Å². The molecular weight excluding hydrogens is 302 g/mol. The maximum atomic E-state index is 12.3. The molecule has 1 aliphatic heterocycles. The third-order valence-corrected chi connectivity index (χ3v) is 3.83. The lowest BCUT2D eigenvalue weighted by atomic mass is 9.89. The van der Waals surface area contributed by atoms with Crippen LogP contribution in [0.25, 0.3) is 0 Å². The fourth-order valence-corrected chi connectivity index (χ4v) is 2.25. The molecule has 1 fully saturated rings. The molecule has 0 aromatic heterocycles. The highest BCUT2D eigenvalue weighted by molar-refractivity contribution is 5.97. The summed E-state index contributed by atoms with van der Waals surface area (Å²) in [6, 6.07) is 7.24. The van der Waals surface area contributed by atoms with Crippen LogP contribution in [-0.4, -0.2) is 24.9 Å². The van der Waals surface area contributed by atoms with Crippen molar-refractivity contribution in [1.82, 2.24) is 5.32 Å². The van der Waals surface area contributed by atoms with E-state index in [1.807, 2.05) is 39.0 Å². The minimum Gasteiger partial charge on any atom is -0.326 e. The topological polar surface area (TPSA) is 70.2 Å². The largest absolute Gasteiger partial charge is 0.326 e. The van der Waals surface area contributed by atoms with Crippen LogP contribution in [0.5, 0.6) is 0 Å². The molecule has 2 rings (SSSR count). The second-order valence-corrected chi connectivity index (χ2v) is 6.17. The summed E-state index contributed by atoms with van der Waals surface area (Å²) in [5.41, 5.74) is 1.04. The maximum absolute atomic E-state index is 12.3. The van der Waals surface area contributed by atoms with Gasteiger partial charge in [-0.25, -0.2) is 0 Å². The van der Waals surface area contributed by atoms with Gasteiger partial charge < -0.3 is 16.0 Å². The summed E-state index contributed by atoms with van der Waals surface area (Å²) >= 11 is 0. The number of hydrogen-bond acceptors (Lipinski definition) is 3. The smallest absolute Gasteiger partial charge is 0.231 e. The summed E-state index contributed by atoms with van der Waals surface area (Å²) in [6.07, 6.45) is 0.836. The van der Waals surface area contributed by atoms with Crippen LogP contribution < -0.4 is 16.0 Å².